The van der Waals surface area contributed by atoms with E-state index in [0.717, 1.165) is 39.7 Å². The van der Waals surface area contributed by atoms with E-state index in [4.69, 9.17) is 11.5 Å². The lowest BCUT2D eigenvalue weighted by Crippen LogP contribution is -1.94. The van der Waals surface area contributed by atoms with Crippen molar-refractivity contribution in [2.24, 2.45) is 0 Å². The molecule has 0 amide bonds. The van der Waals surface area contributed by atoms with E-state index in [0.29, 0.717) is 0 Å². The van der Waals surface area contributed by atoms with Crippen LogP contribution in [0.1, 0.15) is 0 Å². The second-order valence-electron chi connectivity index (χ2n) is 4.45. The van der Waals surface area contributed by atoms with Crippen LogP contribution in [0.3, 0.4) is 0 Å². The monoisotopic (exact) mass is 237 g/mol. The first kappa shape index (κ1) is 10.7. The van der Waals surface area contributed by atoms with Crippen molar-refractivity contribution >= 4 is 33.2 Å². The summed E-state index contributed by atoms with van der Waals surface area (Å²) in [5, 5.41) is 2.28. The van der Waals surface area contributed by atoms with Gasteiger partial charge in [0.25, 0.3) is 0 Å². The number of nitrogens with two attached hydrogens (primary N) is 2. The van der Waals surface area contributed by atoms with E-state index >= 15 is 0 Å². The van der Waals surface area contributed by atoms with Gasteiger partial charge in [0.05, 0.1) is 0 Å². The summed E-state index contributed by atoms with van der Waals surface area (Å²) in [5.74, 6) is 0. The maximum absolute atomic E-state index is 5.88. The highest BCUT2D eigenvalue weighted by molar-refractivity contribution is 6.09. The number of hydrogen-bond donors (Lipinski definition) is 2. The molecule has 2 aromatic carbocycles. The van der Waals surface area contributed by atoms with Crippen molar-refractivity contribution in [3.05, 3.63) is 49.1 Å². The Morgan fingerprint density at radius 1 is 0.944 bits per heavy atom. The number of allylic oxidation sites excluding steroid dienone is 1. The third-order valence-corrected chi connectivity index (χ3v) is 3.22. The zero-order valence-corrected chi connectivity index (χ0v) is 10.1. The Hall–Kier alpha value is -2.42. The van der Waals surface area contributed by atoms with Crippen LogP contribution >= 0.6 is 0 Å². The molecule has 0 aliphatic heterocycles. The summed E-state index contributed by atoms with van der Waals surface area (Å²) < 4.78 is 2.22. The van der Waals surface area contributed by atoms with Crippen LogP contribution in [-0.4, -0.2) is 4.57 Å². The molecule has 0 saturated carbocycles. The van der Waals surface area contributed by atoms with Crippen LogP contribution < -0.4 is 11.5 Å². The number of hydrogen-bond acceptors (Lipinski definition) is 2. The van der Waals surface area contributed by atoms with Gasteiger partial charge in [0.2, 0.25) is 0 Å². The maximum Gasteiger partial charge on any atom is 0.0495 e. The summed E-state index contributed by atoms with van der Waals surface area (Å²) in [5.41, 5.74) is 15.6. The number of benzene rings is 2. The average molecular weight is 237 g/mol. The van der Waals surface area contributed by atoms with Crippen LogP contribution in [0.25, 0.3) is 21.8 Å². The minimum absolute atomic E-state index is 0.766. The van der Waals surface area contributed by atoms with E-state index in [1.54, 1.807) is 0 Å². The largest absolute Gasteiger partial charge is 0.399 e. The Kier molecular flexibility index (Phi) is 2.27. The van der Waals surface area contributed by atoms with E-state index in [9.17, 15) is 0 Å². The average Bonchev–Trinajstić information content (AvgIpc) is 2.64. The van der Waals surface area contributed by atoms with Gasteiger partial charge in [0, 0.05) is 39.7 Å². The molecule has 18 heavy (non-hydrogen) atoms. The number of rotatable bonds is 2. The van der Waals surface area contributed by atoms with Gasteiger partial charge in [0.1, 0.15) is 0 Å². The fourth-order valence-electron chi connectivity index (χ4n) is 2.47. The molecule has 3 aromatic rings. The Morgan fingerprint density at radius 3 is 1.89 bits per heavy atom. The lowest BCUT2D eigenvalue weighted by Gasteiger charge is -2.03. The lowest BCUT2D eigenvalue weighted by atomic mass is 10.1. The molecule has 0 bridgehead atoms. The van der Waals surface area contributed by atoms with Crippen molar-refractivity contribution < 1.29 is 0 Å². The molecule has 0 unspecified atom stereocenters. The first-order chi connectivity index (χ1) is 8.70. The number of nitrogen functional groups attached to an aromatic ring is 2. The van der Waals surface area contributed by atoms with Gasteiger partial charge in [-0.1, -0.05) is 6.08 Å². The summed E-state index contributed by atoms with van der Waals surface area (Å²) in [4.78, 5) is 0. The standard InChI is InChI=1S/C15H15N3/c1-2-7-18-14-5-3-10(16)8-12(14)13-9-11(17)4-6-15(13)18/h2-6,8-9H,1,7,16-17H2. The van der Waals surface area contributed by atoms with Crippen LogP contribution in [-0.2, 0) is 6.54 Å². The predicted octanol–water partition coefficient (Wildman–Crippen LogP) is 3.14. The molecule has 3 heteroatoms. The second kappa shape index (κ2) is 3.81. The van der Waals surface area contributed by atoms with Gasteiger partial charge in [-0.15, -0.1) is 6.58 Å². The molecule has 0 aliphatic rings. The zero-order chi connectivity index (χ0) is 12.7. The number of anilines is 2. The van der Waals surface area contributed by atoms with Gasteiger partial charge in [-0.2, -0.15) is 0 Å². The summed E-state index contributed by atoms with van der Waals surface area (Å²) in [6, 6.07) is 11.9. The van der Waals surface area contributed by atoms with Crippen molar-refractivity contribution in [3.63, 3.8) is 0 Å². The molecule has 4 N–H and O–H groups in total. The first-order valence-electron chi connectivity index (χ1n) is 5.88. The second-order valence-corrected chi connectivity index (χ2v) is 4.45. The molecular weight excluding hydrogens is 222 g/mol. The van der Waals surface area contributed by atoms with Crippen LogP contribution in [0.15, 0.2) is 49.1 Å². The van der Waals surface area contributed by atoms with Crippen LogP contribution in [0, 0.1) is 0 Å². The molecule has 90 valence electrons. The third kappa shape index (κ3) is 1.44. The predicted molar refractivity (Wildman–Crippen MR) is 78.5 cm³/mol. The van der Waals surface area contributed by atoms with Gasteiger partial charge in [-0.05, 0) is 36.4 Å². The number of nitrogens with zero attached hydrogens (tertiary/aromatic N) is 1. The highest BCUT2D eigenvalue weighted by Crippen LogP contribution is 2.31. The molecule has 0 radical (unpaired) electrons. The molecule has 0 atom stereocenters. The summed E-state index contributed by atoms with van der Waals surface area (Å²) in [6.45, 7) is 4.59. The van der Waals surface area contributed by atoms with Crippen LogP contribution in [0.5, 0.6) is 0 Å². The van der Waals surface area contributed by atoms with E-state index in [2.05, 4.69) is 11.1 Å². The maximum atomic E-state index is 5.88. The van der Waals surface area contributed by atoms with E-state index < -0.39 is 0 Å². The van der Waals surface area contributed by atoms with Gasteiger partial charge >= 0.3 is 0 Å². The molecule has 1 heterocycles. The summed E-state index contributed by atoms with van der Waals surface area (Å²) in [7, 11) is 0. The summed E-state index contributed by atoms with van der Waals surface area (Å²) in [6.07, 6.45) is 1.89. The molecular formula is C15H15N3. The fourth-order valence-corrected chi connectivity index (χ4v) is 2.47. The lowest BCUT2D eigenvalue weighted by molar-refractivity contribution is 0.901. The molecule has 1 aromatic heterocycles. The van der Waals surface area contributed by atoms with Gasteiger partial charge in [-0.3, -0.25) is 0 Å². The van der Waals surface area contributed by atoms with E-state index in [-0.39, 0.29) is 0 Å². The highest BCUT2D eigenvalue weighted by atomic mass is 15.0. The molecule has 3 rings (SSSR count). The van der Waals surface area contributed by atoms with Crippen LogP contribution in [0.4, 0.5) is 11.4 Å². The minimum Gasteiger partial charge on any atom is -0.399 e. The van der Waals surface area contributed by atoms with Crippen molar-refractivity contribution in [2.75, 3.05) is 11.5 Å². The molecule has 0 saturated heterocycles. The third-order valence-electron chi connectivity index (χ3n) is 3.22. The van der Waals surface area contributed by atoms with E-state index in [1.165, 1.54) is 0 Å². The normalized spacial score (nSPS) is 11.1. The number of fused-ring (bicyclic) bond motifs is 3. The van der Waals surface area contributed by atoms with Crippen LogP contribution in [0.2, 0.25) is 0 Å². The Bertz CT molecular complexity index is 694. The first-order valence-corrected chi connectivity index (χ1v) is 5.88. The molecule has 0 fully saturated rings. The molecule has 0 spiro atoms. The number of aromatic nitrogens is 1. The fraction of sp³-hybridized carbons (Fsp3) is 0.0667. The molecule has 3 nitrogen and oxygen atoms in total. The van der Waals surface area contributed by atoms with Gasteiger partial charge < -0.3 is 16.0 Å². The van der Waals surface area contributed by atoms with Crippen molar-refractivity contribution in [1.82, 2.24) is 4.57 Å². The van der Waals surface area contributed by atoms with Crippen molar-refractivity contribution in [1.29, 1.82) is 0 Å². The Morgan fingerprint density at radius 2 is 1.44 bits per heavy atom. The summed E-state index contributed by atoms with van der Waals surface area (Å²) >= 11 is 0. The van der Waals surface area contributed by atoms with Gasteiger partial charge in [-0.25, -0.2) is 0 Å². The van der Waals surface area contributed by atoms with Crippen molar-refractivity contribution in [2.45, 2.75) is 6.54 Å². The highest BCUT2D eigenvalue weighted by Gasteiger charge is 2.09. The van der Waals surface area contributed by atoms with Crippen molar-refractivity contribution in [3.8, 4) is 0 Å². The zero-order valence-electron chi connectivity index (χ0n) is 10.1. The van der Waals surface area contributed by atoms with Gasteiger partial charge in [0.15, 0.2) is 0 Å². The SMILES string of the molecule is C=CCn1c2ccc(N)cc2c2cc(N)ccc21. The van der Waals surface area contributed by atoms with E-state index in [1.807, 2.05) is 42.5 Å². The minimum atomic E-state index is 0.766. The smallest absolute Gasteiger partial charge is 0.0495 e. The topological polar surface area (TPSA) is 57.0 Å². The molecule has 0 aliphatic carbocycles. The quantitative estimate of drug-likeness (QED) is 0.531. The Labute approximate surface area is 105 Å². The Balaban J connectivity index is 2.52.